The van der Waals surface area contributed by atoms with Gasteiger partial charge in [-0.15, -0.1) is 22.9 Å². The van der Waals surface area contributed by atoms with Crippen LogP contribution in [0.5, 0.6) is 11.6 Å². The first kappa shape index (κ1) is 11.8. The lowest BCUT2D eigenvalue weighted by molar-refractivity contribution is 0.459. The van der Waals surface area contributed by atoms with Crippen molar-refractivity contribution in [2.45, 2.75) is 5.88 Å². The molecule has 92 valence electrons. The molecule has 3 aromatic heterocycles. The van der Waals surface area contributed by atoms with Crippen molar-refractivity contribution in [3.05, 3.63) is 40.8 Å². The maximum absolute atomic E-state index is 5.93. The van der Waals surface area contributed by atoms with Crippen molar-refractivity contribution < 1.29 is 4.74 Å². The highest BCUT2D eigenvalue weighted by Gasteiger charge is 2.14. The SMILES string of the molecule is ClCc1c(Oc2cncc(Cl)c2)nc2sccn12. The molecular weight excluding hydrogens is 293 g/mol. The van der Waals surface area contributed by atoms with Crippen LogP contribution < -0.4 is 4.74 Å². The van der Waals surface area contributed by atoms with Gasteiger partial charge in [-0.2, -0.15) is 4.98 Å². The van der Waals surface area contributed by atoms with Gasteiger partial charge in [0.25, 0.3) is 0 Å². The third-order valence-electron chi connectivity index (χ3n) is 2.35. The Hall–Kier alpha value is -1.30. The predicted octanol–water partition coefficient (Wildman–Crippen LogP) is 3.98. The summed E-state index contributed by atoms with van der Waals surface area (Å²) in [4.78, 5) is 9.17. The van der Waals surface area contributed by atoms with Crippen LogP contribution >= 0.6 is 34.5 Å². The summed E-state index contributed by atoms with van der Waals surface area (Å²) in [6, 6.07) is 1.68. The third-order valence-corrected chi connectivity index (χ3v) is 3.56. The summed E-state index contributed by atoms with van der Waals surface area (Å²) >= 11 is 13.3. The molecule has 3 rings (SSSR count). The summed E-state index contributed by atoms with van der Waals surface area (Å²) in [6.45, 7) is 0. The van der Waals surface area contributed by atoms with Crippen LogP contribution in [0.25, 0.3) is 4.96 Å². The lowest BCUT2D eigenvalue weighted by Gasteiger charge is -2.03. The number of alkyl halides is 1. The van der Waals surface area contributed by atoms with Crippen LogP contribution in [0.3, 0.4) is 0 Å². The zero-order valence-electron chi connectivity index (χ0n) is 9.01. The molecule has 7 heteroatoms. The van der Waals surface area contributed by atoms with Crippen LogP contribution in [0.15, 0.2) is 30.0 Å². The highest BCUT2D eigenvalue weighted by molar-refractivity contribution is 7.15. The number of halogens is 2. The van der Waals surface area contributed by atoms with E-state index in [0.717, 1.165) is 10.7 Å². The van der Waals surface area contributed by atoms with Gasteiger partial charge in [-0.25, -0.2) is 0 Å². The van der Waals surface area contributed by atoms with E-state index >= 15 is 0 Å². The molecule has 0 radical (unpaired) electrons. The van der Waals surface area contributed by atoms with Crippen molar-refractivity contribution in [3.8, 4) is 11.6 Å². The number of nitrogens with zero attached hydrogens (tertiary/aromatic N) is 3. The predicted molar refractivity (Wildman–Crippen MR) is 71.9 cm³/mol. The van der Waals surface area contributed by atoms with Crippen molar-refractivity contribution in [2.75, 3.05) is 0 Å². The fourth-order valence-corrected chi connectivity index (χ4v) is 2.71. The summed E-state index contributed by atoms with van der Waals surface area (Å²) in [7, 11) is 0. The first-order chi connectivity index (χ1) is 8.78. The number of hydrogen-bond donors (Lipinski definition) is 0. The lowest BCUT2D eigenvalue weighted by Crippen LogP contribution is -1.91. The summed E-state index contributed by atoms with van der Waals surface area (Å²) in [5.41, 5.74) is 0.813. The van der Waals surface area contributed by atoms with Crippen LogP contribution in [-0.4, -0.2) is 14.4 Å². The number of ether oxygens (including phenoxy) is 1. The van der Waals surface area contributed by atoms with Crippen LogP contribution in [0.2, 0.25) is 5.02 Å². The van der Waals surface area contributed by atoms with E-state index in [1.54, 1.807) is 18.5 Å². The molecule has 0 N–H and O–H groups in total. The van der Waals surface area contributed by atoms with E-state index in [4.69, 9.17) is 27.9 Å². The van der Waals surface area contributed by atoms with Crippen molar-refractivity contribution in [2.24, 2.45) is 0 Å². The van der Waals surface area contributed by atoms with Crippen molar-refractivity contribution >= 4 is 39.5 Å². The number of pyridine rings is 1. The van der Waals surface area contributed by atoms with E-state index < -0.39 is 0 Å². The Labute approximate surface area is 117 Å². The Morgan fingerprint density at radius 3 is 3.06 bits per heavy atom. The van der Waals surface area contributed by atoms with Crippen molar-refractivity contribution in [3.63, 3.8) is 0 Å². The molecule has 0 saturated heterocycles. The van der Waals surface area contributed by atoms with Crippen molar-refractivity contribution in [1.29, 1.82) is 0 Å². The molecule has 0 fully saturated rings. The summed E-state index contributed by atoms with van der Waals surface area (Å²) in [5.74, 6) is 1.35. The minimum atomic E-state index is 0.321. The van der Waals surface area contributed by atoms with Crippen LogP contribution in [0.4, 0.5) is 0 Å². The number of hydrogen-bond acceptors (Lipinski definition) is 4. The molecule has 18 heavy (non-hydrogen) atoms. The van der Waals surface area contributed by atoms with Gasteiger partial charge >= 0.3 is 0 Å². The molecule has 0 aromatic carbocycles. The van der Waals surface area contributed by atoms with E-state index in [0.29, 0.717) is 22.5 Å². The Morgan fingerprint density at radius 1 is 1.39 bits per heavy atom. The Morgan fingerprint density at radius 2 is 2.28 bits per heavy atom. The second-order valence-electron chi connectivity index (χ2n) is 3.49. The van der Waals surface area contributed by atoms with Gasteiger partial charge in [0.1, 0.15) is 11.4 Å². The molecule has 0 atom stereocenters. The monoisotopic (exact) mass is 299 g/mol. The maximum Gasteiger partial charge on any atom is 0.243 e. The molecule has 0 unspecified atom stereocenters. The highest BCUT2D eigenvalue weighted by atomic mass is 35.5. The Bertz CT molecular complexity index is 694. The highest BCUT2D eigenvalue weighted by Crippen LogP contribution is 2.29. The van der Waals surface area contributed by atoms with Gasteiger partial charge in [0.15, 0.2) is 4.96 Å². The second kappa shape index (κ2) is 4.76. The summed E-state index contributed by atoms with van der Waals surface area (Å²) < 4.78 is 7.58. The maximum atomic E-state index is 5.93. The molecule has 3 aromatic rings. The number of thiazole rings is 1. The molecule has 0 saturated carbocycles. The van der Waals surface area contributed by atoms with E-state index in [1.165, 1.54) is 11.3 Å². The quantitative estimate of drug-likeness (QED) is 0.687. The van der Waals surface area contributed by atoms with E-state index in [-0.39, 0.29) is 0 Å². The number of aromatic nitrogens is 3. The zero-order valence-corrected chi connectivity index (χ0v) is 11.3. The van der Waals surface area contributed by atoms with Gasteiger partial charge in [0.05, 0.1) is 17.1 Å². The van der Waals surface area contributed by atoms with Crippen LogP contribution in [-0.2, 0) is 5.88 Å². The van der Waals surface area contributed by atoms with Gasteiger partial charge < -0.3 is 4.74 Å². The molecule has 0 bridgehead atoms. The molecule has 4 nitrogen and oxygen atoms in total. The van der Waals surface area contributed by atoms with Crippen LogP contribution in [0, 0.1) is 0 Å². The van der Waals surface area contributed by atoms with E-state index in [1.807, 2.05) is 16.0 Å². The first-order valence-electron chi connectivity index (χ1n) is 5.06. The molecular formula is C11H7Cl2N3OS. The molecule has 0 spiro atoms. The van der Waals surface area contributed by atoms with Crippen LogP contribution in [0.1, 0.15) is 5.69 Å². The fraction of sp³-hybridized carbons (Fsp3) is 0.0909. The molecule has 0 aliphatic rings. The summed E-state index contributed by atoms with van der Waals surface area (Å²) in [6.07, 6.45) is 5.04. The van der Waals surface area contributed by atoms with Gasteiger partial charge in [-0.3, -0.25) is 9.38 Å². The smallest absolute Gasteiger partial charge is 0.243 e. The normalized spacial score (nSPS) is 11.0. The Kier molecular flexibility index (Phi) is 3.11. The second-order valence-corrected chi connectivity index (χ2v) is 5.07. The summed E-state index contributed by atoms with van der Waals surface area (Å²) in [5, 5.41) is 2.46. The topological polar surface area (TPSA) is 39.4 Å². The molecule has 0 amide bonds. The lowest BCUT2D eigenvalue weighted by atomic mass is 10.4. The van der Waals surface area contributed by atoms with E-state index in [9.17, 15) is 0 Å². The molecule has 0 aliphatic heterocycles. The van der Waals surface area contributed by atoms with Gasteiger partial charge in [0, 0.05) is 23.8 Å². The standard InChI is InChI=1S/C11H7Cl2N3OS/c12-4-9-10(15-11-16(9)1-2-18-11)17-8-3-7(13)5-14-6-8/h1-3,5-6H,4H2. The van der Waals surface area contributed by atoms with Gasteiger partial charge in [-0.1, -0.05) is 11.6 Å². The average Bonchev–Trinajstić information content (AvgIpc) is 2.89. The molecule has 3 heterocycles. The average molecular weight is 300 g/mol. The largest absolute Gasteiger partial charge is 0.436 e. The zero-order chi connectivity index (χ0) is 12.5. The van der Waals surface area contributed by atoms with Crippen molar-refractivity contribution in [1.82, 2.24) is 14.4 Å². The minimum absolute atomic E-state index is 0.321. The Balaban J connectivity index is 2.01. The number of imidazole rings is 1. The van der Waals surface area contributed by atoms with Gasteiger partial charge in [-0.05, 0) is 0 Å². The molecule has 0 aliphatic carbocycles. The number of fused-ring (bicyclic) bond motifs is 1. The third kappa shape index (κ3) is 2.05. The van der Waals surface area contributed by atoms with Gasteiger partial charge in [0.2, 0.25) is 5.88 Å². The first-order valence-corrected chi connectivity index (χ1v) is 6.86. The minimum Gasteiger partial charge on any atom is -0.436 e. The van der Waals surface area contributed by atoms with E-state index in [2.05, 4.69) is 9.97 Å². The number of rotatable bonds is 3. The fourth-order valence-electron chi connectivity index (χ4n) is 1.58.